The molecule has 2 rings (SSSR count). The van der Waals surface area contributed by atoms with Gasteiger partial charge in [-0.25, -0.2) is 0 Å². The monoisotopic (exact) mass is 324 g/mol. The zero-order valence-electron chi connectivity index (χ0n) is 11.4. The molecule has 1 N–H and O–H groups in total. The van der Waals surface area contributed by atoms with Crippen LogP contribution in [0.1, 0.15) is 30.1 Å². The highest BCUT2D eigenvalue weighted by Crippen LogP contribution is 2.14. The second kappa shape index (κ2) is 7.06. The van der Waals surface area contributed by atoms with Gasteiger partial charge < -0.3 is 10.2 Å². The molecule has 1 fully saturated rings. The van der Waals surface area contributed by atoms with E-state index in [2.05, 4.69) is 33.1 Å². The molecule has 0 unspecified atom stereocenters. The van der Waals surface area contributed by atoms with Gasteiger partial charge in [-0.3, -0.25) is 4.79 Å². The lowest BCUT2D eigenvalue weighted by molar-refractivity contribution is 0.0944. The summed E-state index contributed by atoms with van der Waals surface area (Å²) < 4.78 is 0.992. The second-order valence-corrected chi connectivity index (χ2v) is 6.23. The Morgan fingerprint density at radius 2 is 2.16 bits per heavy atom. The Bertz CT molecular complexity index is 419. The number of carbonyl (C=O) groups excluding carboxylic acids is 1. The summed E-state index contributed by atoms with van der Waals surface area (Å²) in [5.41, 5.74) is 0.718. The number of amides is 1. The summed E-state index contributed by atoms with van der Waals surface area (Å²) in [4.78, 5) is 14.4. The highest BCUT2D eigenvalue weighted by Gasteiger charge is 2.15. The number of piperidine rings is 1. The molecule has 0 spiro atoms. The van der Waals surface area contributed by atoms with Crippen molar-refractivity contribution in [2.75, 3.05) is 26.2 Å². The van der Waals surface area contributed by atoms with Gasteiger partial charge >= 0.3 is 0 Å². The topological polar surface area (TPSA) is 32.3 Å². The van der Waals surface area contributed by atoms with Gasteiger partial charge in [0.2, 0.25) is 0 Å². The van der Waals surface area contributed by atoms with Gasteiger partial charge in [0.1, 0.15) is 0 Å². The minimum absolute atomic E-state index is 0.0116. The van der Waals surface area contributed by atoms with Gasteiger partial charge in [-0.1, -0.05) is 22.9 Å². The van der Waals surface area contributed by atoms with Gasteiger partial charge in [0, 0.05) is 29.7 Å². The fraction of sp³-hybridized carbons (Fsp3) is 0.533. The first-order valence-corrected chi connectivity index (χ1v) is 7.70. The van der Waals surface area contributed by atoms with Crippen LogP contribution in [0.4, 0.5) is 0 Å². The fourth-order valence-electron chi connectivity index (χ4n) is 2.52. The van der Waals surface area contributed by atoms with E-state index >= 15 is 0 Å². The molecule has 1 amide bonds. The molecule has 1 aromatic carbocycles. The number of likely N-dealkylation sites (tertiary alicyclic amines) is 1. The normalized spacial score (nSPS) is 20.2. The largest absolute Gasteiger partial charge is 0.351 e. The molecule has 1 aliphatic heterocycles. The number of halogens is 1. The van der Waals surface area contributed by atoms with Crippen LogP contribution in [-0.2, 0) is 0 Å². The molecule has 1 saturated heterocycles. The minimum atomic E-state index is 0.0116. The molecule has 1 heterocycles. The van der Waals surface area contributed by atoms with E-state index in [9.17, 15) is 4.79 Å². The third-order valence-electron chi connectivity index (χ3n) is 3.56. The van der Waals surface area contributed by atoms with Crippen molar-refractivity contribution in [1.82, 2.24) is 10.2 Å². The van der Waals surface area contributed by atoms with Crippen LogP contribution in [0.5, 0.6) is 0 Å². The molecule has 0 saturated carbocycles. The second-order valence-electron chi connectivity index (χ2n) is 5.31. The predicted molar refractivity (Wildman–Crippen MR) is 81.3 cm³/mol. The molecule has 0 bridgehead atoms. The Morgan fingerprint density at radius 1 is 1.42 bits per heavy atom. The van der Waals surface area contributed by atoms with Gasteiger partial charge in [0.25, 0.3) is 5.91 Å². The van der Waals surface area contributed by atoms with E-state index in [1.54, 1.807) is 0 Å². The lowest BCUT2D eigenvalue weighted by atomic mass is 10.0. The third kappa shape index (κ3) is 4.62. The molecule has 0 aromatic heterocycles. The van der Waals surface area contributed by atoms with Crippen LogP contribution in [0.3, 0.4) is 0 Å². The van der Waals surface area contributed by atoms with E-state index in [1.807, 2.05) is 24.3 Å². The van der Waals surface area contributed by atoms with E-state index in [-0.39, 0.29) is 5.91 Å². The van der Waals surface area contributed by atoms with Crippen molar-refractivity contribution in [3.05, 3.63) is 34.3 Å². The summed E-state index contributed by atoms with van der Waals surface area (Å²) in [5.74, 6) is 0.800. The maximum Gasteiger partial charge on any atom is 0.251 e. The molecule has 1 aromatic rings. The number of hydrogen-bond donors (Lipinski definition) is 1. The van der Waals surface area contributed by atoms with Crippen molar-refractivity contribution in [1.29, 1.82) is 0 Å². The molecule has 0 aliphatic carbocycles. The first-order chi connectivity index (χ1) is 9.15. The number of nitrogens with one attached hydrogen (secondary N) is 1. The quantitative estimate of drug-likeness (QED) is 0.923. The molecular formula is C15H21BrN2O. The summed E-state index contributed by atoms with van der Waals surface area (Å²) >= 11 is 3.37. The van der Waals surface area contributed by atoms with Crippen molar-refractivity contribution in [3.8, 4) is 0 Å². The van der Waals surface area contributed by atoms with E-state index in [0.29, 0.717) is 0 Å². The number of nitrogens with zero attached hydrogens (tertiary/aromatic N) is 1. The van der Waals surface area contributed by atoms with Gasteiger partial charge in [-0.2, -0.15) is 0 Å². The van der Waals surface area contributed by atoms with E-state index in [4.69, 9.17) is 0 Å². The average Bonchev–Trinajstić information content (AvgIpc) is 2.39. The van der Waals surface area contributed by atoms with Crippen LogP contribution < -0.4 is 5.32 Å². The molecular weight excluding hydrogens is 304 g/mol. The van der Waals surface area contributed by atoms with E-state index < -0.39 is 0 Å². The van der Waals surface area contributed by atoms with Crippen LogP contribution >= 0.6 is 15.9 Å². The summed E-state index contributed by atoms with van der Waals surface area (Å²) in [7, 11) is 0. The number of rotatable bonds is 4. The Balaban J connectivity index is 1.73. The van der Waals surface area contributed by atoms with Crippen LogP contribution in [0.2, 0.25) is 0 Å². The molecule has 3 nitrogen and oxygen atoms in total. The first kappa shape index (κ1) is 14.5. The summed E-state index contributed by atoms with van der Waals surface area (Å²) in [6, 6.07) is 7.45. The Labute approximate surface area is 123 Å². The van der Waals surface area contributed by atoms with Crippen molar-refractivity contribution < 1.29 is 4.79 Å². The average molecular weight is 325 g/mol. The van der Waals surface area contributed by atoms with Crippen molar-refractivity contribution in [3.63, 3.8) is 0 Å². The van der Waals surface area contributed by atoms with Crippen molar-refractivity contribution in [2.24, 2.45) is 5.92 Å². The standard InChI is InChI=1S/C15H21BrN2O/c1-12-3-2-9-18(11-12)10-8-17-15(19)13-4-6-14(16)7-5-13/h4-7,12H,2-3,8-11H2,1H3,(H,17,19)/t12-/m0/s1. The maximum absolute atomic E-state index is 11.9. The van der Waals surface area contributed by atoms with Gasteiger partial charge in [-0.05, 0) is 49.6 Å². The number of benzene rings is 1. The summed E-state index contributed by atoms with van der Waals surface area (Å²) in [6.45, 7) is 6.30. The maximum atomic E-state index is 11.9. The van der Waals surface area contributed by atoms with Crippen molar-refractivity contribution >= 4 is 21.8 Å². The number of hydrogen-bond acceptors (Lipinski definition) is 2. The van der Waals surface area contributed by atoms with Crippen LogP contribution in [-0.4, -0.2) is 37.0 Å². The Hall–Kier alpha value is -0.870. The first-order valence-electron chi connectivity index (χ1n) is 6.91. The lowest BCUT2D eigenvalue weighted by Crippen LogP contribution is -2.40. The minimum Gasteiger partial charge on any atom is -0.351 e. The van der Waals surface area contributed by atoms with E-state index in [0.717, 1.165) is 35.6 Å². The Kier molecular flexibility index (Phi) is 5.40. The smallest absolute Gasteiger partial charge is 0.251 e. The van der Waals surface area contributed by atoms with Crippen molar-refractivity contribution in [2.45, 2.75) is 19.8 Å². The van der Waals surface area contributed by atoms with Crippen LogP contribution in [0.25, 0.3) is 0 Å². The Morgan fingerprint density at radius 3 is 2.84 bits per heavy atom. The van der Waals surface area contributed by atoms with Gasteiger partial charge in [0.15, 0.2) is 0 Å². The fourth-order valence-corrected chi connectivity index (χ4v) is 2.78. The molecule has 1 atom stereocenters. The van der Waals surface area contributed by atoms with Crippen LogP contribution in [0, 0.1) is 5.92 Å². The highest BCUT2D eigenvalue weighted by atomic mass is 79.9. The lowest BCUT2D eigenvalue weighted by Gasteiger charge is -2.30. The van der Waals surface area contributed by atoms with E-state index in [1.165, 1.54) is 19.4 Å². The number of carbonyl (C=O) groups is 1. The van der Waals surface area contributed by atoms with Crippen LogP contribution in [0.15, 0.2) is 28.7 Å². The predicted octanol–water partition coefficient (Wildman–Crippen LogP) is 2.91. The summed E-state index contributed by atoms with van der Waals surface area (Å²) in [5, 5.41) is 2.98. The molecule has 4 heteroatoms. The zero-order chi connectivity index (χ0) is 13.7. The molecule has 104 valence electrons. The van der Waals surface area contributed by atoms with Gasteiger partial charge in [-0.15, -0.1) is 0 Å². The molecule has 1 aliphatic rings. The third-order valence-corrected chi connectivity index (χ3v) is 4.09. The SMILES string of the molecule is C[C@H]1CCCN(CCNC(=O)c2ccc(Br)cc2)C1. The summed E-state index contributed by atoms with van der Waals surface area (Å²) in [6.07, 6.45) is 2.61. The molecule has 19 heavy (non-hydrogen) atoms. The zero-order valence-corrected chi connectivity index (χ0v) is 12.9. The van der Waals surface area contributed by atoms with Gasteiger partial charge in [0.05, 0.1) is 0 Å². The molecule has 0 radical (unpaired) electrons. The highest BCUT2D eigenvalue weighted by molar-refractivity contribution is 9.10.